The maximum Gasteiger partial charge on any atom is 0.155 e. The van der Waals surface area contributed by atoms with Gasteiger partial charge in [-0.05, 0) is 36.8 Å². The highest BCUT2D eigenvalue weighted by Crippen LogP contribution is 2.34. The minimum Gasteiger partial charge on any atom is -0.407 e. The highest BCUT2D eigenvalue weighted by molar-refractivity contribution is 6.30. The number of hydrogen-bond acceptors (Lipinski definition) is 2. The summed E-state index contributed by atoms with van der Waals surface area (Å²) in [6.07, 6.45) is 1.86. The summed E-state index contributed by atoms with van der Waals surface area (Å²) in [5.74, 6) is 0.0797. The molecule has 1 unspecified atom stereocenters. The van der Waals surface area contributed by atoms with Crippen LogP contribution in [0.3, 0.4) is 0 Å². The van der Waals surface area contributed by atoms with E-state index in [9.17, 15) is 4.39 Å². The third kappa shape index (κ3) is 2.30. The van der Waals surface area contributed by atoms with E-state index in [-0.39, 0.29) is 5.82 Å². The molecule has 1 heterocycles. The lowest BCUT2D eigenvalue weighted by atomic mass is 9.92. The predicted molar refractivity (Wildman–Crippen MR) is 77.4 cm³/mol. The van der Waals surface area contributed by atoms with E-state index in [1.165, 1.54) is 12.1 Å². The topological polar surface area (TPSA) is 21.3 Å². The van der Waals surface area contributed by atoms with Crippen molar-refractivity contribution in [2.24, 2.45) is 0 Å². The Hall–Kier alpha value is -1.84. The maximum atomic E-state index is 13.9. The quantitative estimate of drug-likeness (QED) is 0.891. The molecule has 0 amide bonds. The Morgan fingerprint density at radius 3 is 2.65 bits per heavy atom. The van der Waals surface area contributed by atoms with Gasteiger partial charge in [-0.2, -0.15) is 0 Å². The molecule has 0 fully saturated rings. The van der Waals surface area contributed by atoms with Gasteiger partial charge in [-0.25, -0.2) is 4.39 Å². The van der Waals surface area contributed by atoms with E-state index < -0.39 is 5.54 Å². The Morgan fingerprint density at radius 1 is 1.15 bits per heavy atom. The SMILES string of the molecule is CC1(c2ccccc2)C=C(c2cc(Cl)ccc2F)ON1. The first-order valence-electron chi connectivity index (χ1n) is 6.26. The molecule has 0 saturated heterocycles. The smallest absolute Gasteiger partial charge is 0.155 e. The first-order chi connectivity index (χ1) is 9.58. The summed E-state index contributed by atoms with van der Waals surface area (Å²) < 4.78 is 13.9. The Kier molecular flexibility index (Phi) is 3.24. The first-order valence-corrected chi connectivity index (χ1v) is 6.64. The summed E-state index contributed by atoms with van der Waals surface area (Å²) in [5.41, 5.74) is 3.84. The molecule has 0 radical (unpaired) electrons. The lowest BCUT2D eigenvalue weighted by molar-refractivity contribution is 0.121. The number of hydrogen-bond donors (Lipinski definition) is 1. The van der Waals surface area contributed by atoms with Gasteiger partial charge in [0.2, 0.25) is 0 Å². The highest BCUT2D eigenvalue weighted by Gasteiger charge is 2.32. The standard InChI is InChI=1S/C16H13ClFNO/c1-16(11-5-3-2-4-6-11)10-15(20-19-16)13-9-12(17)7-8-14(13)18/h2-10,19H,1H3. The van der Waals surface area contributed by atoms with E-state index in [2.05, 4.69) is 5.48 Å². The molecule has 3 rings (SSSR count). The zero-order chi connectivity index (χ0) is 14.2. The monoisotopic (exact) mass is 289 g/mol. The highest BCUT2D eigenvalue weighted by atomic mass is 35.5. The minimum atomic E-state index is -0.495. The average molecular weight is 290 g/mol. The molecular weight excluding hydrogens is 277 g/mol. The van der Waals surface area contributed by atoms with Gasteiger partial charge in [0, 0.05) is 5.02 Å². The average Bonchev–Trinajstić information content (AvgIpc) is 2.86. The molecule has 20 heavy (non-hydrogen) atoms. The van der Waals surface area contributed by atoms with Crippen LogP contribution in [0.2, 0.25) is 5.02 Å². The first kappa shape index (κ1) is 13.2. The van der Waals surface area contributed by atoms with Crippen molar-refractivity contribution < 1.29 is 9.23 Å². The zero-order valence-corrected chi connectivity index (χ0v) is 11.6. The number of halogens is 2. The molecule has 1 aliphatic heterocycles. The summed E-state index contributed by atoms with van der Waals surface area (Å²) in [6.45, 7) is 1.97. The van der Waals surface area contributed by atoms with Gasteiger partial charge < -0.3 is 4.84 Å². The van der Waals surface area contributed by atoms with Crippen molar-refractivity contribution in [3.8, 4) is 0 Å². The lowest BCUT2D eigenvalue weighted by Gasteiger charge is -2.20. The van der Waals surface area contributed by atoms with Crippen LogP contribution in [0.4, 0.5) is 4.39 Å². The normalized spacial score (nSPS) is 21.4. The van der Waals surface area contributed by atoms with Gasteiger partial charge in [-0.1, -0.05) is 41.9 Å². The van der Waals surface area contributed by atoms with Gasteiger partial charge in [0.1, 0.15) is 5.82 Å². The largest absolute Gasteiger partial charge is 0.407 e. The molecule has 2 aromatic rings. The zero-order valence-electron chi connectivity index (χ0n) is 10.9. The minimum absolute atomic E-state index is 0.352. The van der Waals surface area contributed by atoms with Gasteiger partial charge in [0.05, 0.1) is 11.1 Å². The summed E-state index contributed by atoms with van der Waals surface area (Å²) in [7, 11) is 0. The van der Waals surface area contributed by atoms with Crippen LogP contribution in [-0.2, 0) is 10.4 Å². The number of benzene rings is 2. The van der Waals surface area contributed by atoms with Crippen molar-refractivity contribution in [3.05, 3.63) is 76.6 Å². The van der Waals surface area contributed by atoms with Crippen LogP contribution in [-0.4, -0.2) is 0 Å². The van der Waals surface area contributed by atoms with E-state index in [0.717, 1.165) is 5.56 Å². The fourth-order valence-corrected chi connectivity index (χ4v) is 2.40. The predicted octanol–water partition coefficient (Wildman–Crippen LogP) is 4.27. The molecule has 102 valence electrons. The van der Waals surface area contributed by atoms with Crippen molar-refractivity contribution in [2.45, 2.75) is 12.5 Å². The van der Waals surface area contributed by atoms with E-state index in [4.69, 9.17) is 16.4 Å². The molecule has 1 N–H and O–H groups in total. The Morgan fingerprint density at radius 2 is 1.90 bits per heavy atom. The van der Waals surface area contributed by atoms with Crippen LogP contribution in [0.15, 0.2) is 54.6 Å². The van der Waals surface area contributed by atoms with Crippen LogP contribution in [0.1, 0.15) is 18.1 Å². The van der Waals surface area contributed by atoms with E-state index in [0.29, 0.717) is 16.3 Å². The molecule has 1 atom stereocenters. The van der Waals surface area contributed by atoms with Gasteiger partial charge in [-0.3, -0.25) is 0 Å². The third-order valence-electron chi connectivity index (χ3n) is 3.36. The van der Waals surface area contributed by atoms with Crippen LogP contribution < -0.4 is 5.48 Å². The Balaban J connectivity index is 2.01. The second kappa shape index (κ2) is 4.93. The van der Waals surface area contributed by atoms with Crippen molar-refractivity contribution in [1.29, 1.82) is 0 Å². The summed E-state index contributed by atoms with van der Waals surface area (Å²) in [6, 6.07) is 14.2. The van der Waals surface area contributed by atoms with E-state index in [1.54, 1.807) is 6.07 Å². The van der Waals surface area contributed by atoms with Crippen LogP contribution in [0, 0.1) is 5.82 Å². The summed E-state index contributed by atoms with van der Waals surface area (Å²) >= 11 is 5.91. The molecule has 0 aromatic heterocycles. The van der Waals surface area contributed by atoms with Crippen LogP contribution >= 0.6 is 11.6 Å². The maximum absolute atomic E-state index is 13.9. The number of nitrogens with one attached hydrogen (secondary N) is 1. The van der Waals surface area contributed by atoms with Gasteiger partial charge in [-0.15, -0.1) is 5.48 Å². The van der Waals surface area contributed by atoms with Crippen LogP contribution in [0.25, 0.3) is 5.76 Å². The van der Waals surface area contributed by atoms with Gasteiger partial charge in [0.25, 0.3) is 0 Å². The van der Waals surface area contributed by atoms with Crippen molar-refractivity contribution in [3.63, 3.8) is 0 Å². The molecule has 4 heteroatoms. The molecular formula is C16H13ClFNO. The molecule has 0 bridgehead atoms. The molecule has 2 aromatic carbocycles. The second-order valence-corrected chi connectivity index (χ2v) is 5.34. The second-order valence-electron chi connectivity index (χ2n) is 4.91. The molecule has 2 nitrogen and oxygen atoms in total. The molecule has 0 spiro atoms. The fourth-order valence-electron chi connectivity index (χ4n) is 2.23. The fraction of sp³-hybridized carbons (Fsp3) is 0.125. The van der Waals surface area contributed by atoms with Gasteiger partial charge >= 0.3 is 0 Å². The number of rotatable bonds is 2. The van der Waals surface area contributed by atoms with E-state index in [1.807, 2.05) is 43.3 Å². The Bertz CT molecular complexity index is 671. The molecule has 0 saturated carbocycles. The van der Waals surface area contributed by atoms with Crippen molar-refractivity contribution in [1.82, 2.24) is 5.48 Å². The summed E-state index contributed by atoms with van der Waals surface area (Å²) in [5, 5.41) is 0.471. The Labute approximate surface area is 121 Å². The molecule has 0 aliphatic carbocycles. The summed E-state index contributed by atoms with van der Waals surface area (Å²) in [4.78, 5) is 5.46. The number of hydroxylamine groups is 1. The lowest BCUT2D eigenvalue weighted by Crippen LogP contribution is -2.32. The van der Waals surface area contributed by atoms with Crippen molar-refractivity contribution in [2.75, 3.05) is 0 Å². The van der Waals surface area contributed by atoms with Crippen LogP contribution in [0.5, 0.6) is 0 Å². The third-order valence-corrected chi connectivity index (χ3v) is 3.60. The van der Waals surface area contributed by atoms with Gasteiger partial charge in [0.15, 0.2) is 5.76 Å². The molecule has 1 aliphatic rings. The van der Waals surface area contributed by atoms with E-state index >= 15 is 0 Å². The van der Waals surface area contributed by atoms with Crippen molar-refractivity contribution >= 4 is 17.4 Å².